The number of nitrogens with two attached hydrogens (primary N) is 1. The van der Waals surface area contributed by atoms with Crippen LogP contribution in [0.25, 0.3) is 0 Å². The number of carbonyl (C=O) groups excluding carboxylic acids is 2. The van der Waals surface area contributed by atoms with E-state index in [1.54, 1.807) is 30.9 Å². The number of ether oxygens (including phenoxy) is 2. The molecule has 1 fully saturated rings. The maximum absolute atomic E-state index is 12.0. The molecule has 1 heterocycles. The Kier molecular flexibility index (Phi) is 4.67. The Morgan fingerprint density at radius 3 is 2.86 bits per heavy atom. The van der Waals surface area contributed by atoms with Crippen LogP contribution in [0, 0.1) is 0 Å². The molecule has 0 spiro atoms. The third kappa shape index (κ3) is 3.87. The van der Waals surface area contributed by atoms with Gasteiger partial charge < -0.3 is 20.1 Å². The molecule has 21 heavy (non-hydrogen) atoms. The quantitative estimate of drug-likeness (QED) is 0.661. The normalized spacial score (nSPS) is 14.4. The number of carbonyl (C=O) groups is 2. The van der Waals surface area contributed by atoms with Crippen molar-refractivity contribution in [3.05, 3.63) is 29.3 Å². The third-order valence-electron chi connectivity index (χ3n) is 3.20. The van der Waals surface area contributed by atoms with Gasteiger partial charge in [-0.3, -0.25) is 0 Å². The topological polar surface area (TPSA) is 81.9 Å². The number of anilines is 1. The first-order chi connectivity index (χ1) is 9.97. The van der Waals surface area contributed by atoms with Crippen LogP contribution in [-0.4, -0.2) is 42.8 Å². The number of benzene rings is 1. The van der Waals surface area contributed by atoms with E-state index in [4.69, 9.17) is 15.2 Å². The van der Waals surface area contributed by atoms with E-state index in [2.05, 4.69) is 0 Å². The number of esters is 1. The zero-order valence-corrected chi connectivity index (χ0v) is 12.3. The summed E-state index contributed by atoms with van der Waals surface area (Å²) in [7, 11) is 0. The summed E-state index contributed by atoms with van der Waals surface area (Å²) in [5.41, 5.74) is 7.51. The van der Waals surface area contributed by atoms with Gasteiger partial charge >= 0.3 is 12.1 Å². The molecule has 0 bridgehead atoms. The van der Waals surface area contributed by atoms with Gasteiger partial charge in [0.15, 0.2) is 0 Å². The van der Waals surface area contributed by atoms with Gasteiger partial charge in [0.2, 0.25) is 0 Å². The molecule has 2 N–H and O–H groups in total. The zero-order chi connectivity index (χ0) is 15.4. The number of nitrogen functional groups attached to an aromatic ring is 1. The number of hydrogen-bond donors (Lipinski definition) is 1. The lowest BCUT2D eigenvalue weighted by molar-refractivity contribution is 0.0379. The Morgan fingerprint density at radius 1 is 1.48 bits per heavy atom. The standard InChI is InChI=1S/C15H20N2O4/c1-10(2)21-14(18)12-9-11(3-4-13(12)16)5-6-17-7-8-20-15(17)19/h3-4,9-10H,5-8,16H2,1-2H3. The van der Waals surface area contributed by atoms with Gasteiger partial charge in [0.25, 0.3) is 0 Å². The molecule has 0 saturated carbocycles. The molecule has 2 rings (SSSR count). The third-order valence-corrected chi connectivity index (χ3v) is 3.20. The Balaban J connectivity index is 2.04. The smallest absolute Gasteiger partial charge is 0.409 e. The Hall–Kier alpha value is -2.24. The van der Waals surface area contributed by atoms with Crippen molar-refractivity contribution < 1.29 is 19.1 Å². The maximum atomic E-state index is 12.0. The Morgan fingerprint density at radius 2 is 2.24 bits per heavy atom. The van der Waals surface area contributed by atoms with Crippen LogP contribution in [0.5, 0.6) is 0 Å². The second-order valence-corrected chi connectivity index (χ2v) is 5.23. The minimum absolute atomic E-state index is 0.195. The van der Waals surface area contributed by atoms with Gasteiger partial charge in [-0.2, -0.15) is 0 Å². The highest BCUT2D eigenvalue weighted by Gasteiger charge is 2.21. The van der Waals surface area contributed by atoms with E-state index in [1.165, 1.54) is 0 Å². The SMILES string of the molecule is CC(C)OC(=O)c1cc(CCN2CCOC2=O)ccc1N. The van der Waals surface area contributed by atoms with Gasteiger partial charge in [0, 0.05) is 12.2 Å². The number of rotatable bonds is 5. The molecule has 0 radical (unpaired) electrons. The van der Waals surface area contributed by atoms with Gasteiger partial charge in [-0.25, -0.2) is 9.59 Å². The molecule has 1 amide bonds. The molecule has 114 valence electrons. The van der Waals surface area contributed by atoms with E-state index in [9.17, 15) is 9.59 Å². The molecule has 1 aromatic rings. The number of cyclic esters (lactones) is 1. The van der Waals surface area contributed by atoms with Crippen molar-refractivity contribution in [1.29, 1.82) is 0 Å². The fourth-order valence-corrected chi connectivity index (χ4v) is 2.11. The van der Waals surface area contributed by atoms with Gasteiger partial charge in [-0.05, 0) is 38.0 Å². The van der Waals surface area contributed by atoms with E-state index in [0.717, 1.165) is 5.56 Å². The maximum Gasteiger partial charge on any atom is 0.409 e. The molecule has 0 atom stereocenters. The lowest BCUT2D eigenvalue weighted by Gasteiger charge is -2.14. The summed E-state index contributed by atoms with van der Waals surface area (Å²) in [4.78, 5) is 25.0. The van der Waals surface area contributed by atoms with E-state index in [-0.39, 0.29) is 12.2 Å². The predicted molar refractivity (Wildman–Crippen MR) is 78.0 cm³/mol. The number of amides is 1. The highest BCUT2D eigenvalue weighted by Crippen LogP contribution is 2.17. The first-order valence-electron chi connectivity index (χ1n) is 6.98. The molecule has 0 unspecified atom stereocenters. The van der Waals surface area contributed by atoms with Crippen LogP contribution in [0.1, 0.15) is 29.8 Å². The average Bonchev–Trinajstić information content (AvgIpc) is 2.82. The second kappa shape index (κ2) is 6.47. The minimum Gasteiger partial charge on any atom is -0.459 e. The lowest BCUT2D eigenvalue weighted by atomic mass is 10.1. The van der Waals surface area contributed by atoms with Gasteiger partial charge in [-0.15, -0.1) is 0 Å². The van der Waals surface area contributed by atoms with Crippen LogP contribution >= 0.6 is 0 Å². The van der Waals surface area contributed by atoms with Crippen LogP contribution in [0.3, 0.4) is 0 Å². The highest BCUT2D eigenvalue weighted by atomic mass is 16.6. The fourth-order valence-electron chi connectivity index (χ4n) is 2.11. The van der Waals surface area contributed by atoms with Crippen molar-refractivity contribution in [2.75, 3.05) is 25.4 Å². The molecule has 1 aliphatic heterocycles. The van der Waals surface area contributed by atoms with Gasteiger partial charge in [-0.1, -0.05) is 6.07 Å². The van der Waals surface area contributed by atoms with Crippen LogP contribution in [-0.2, 0) is 15.9 Å². The summed E-state index contributed by atoms with van der Waals surface area (Å²) in [6.45, 7) is 5.18. The van der Waals surface area contributed by atoms with Crippen molar-refractivity contribution in [3.63, 3.8) is 0 Å². The van der Waals surface area contributed by atoms with Crippen molar-refractivity contribution in [1.82, 2.24) is 4.90 Å². The van der Waals surface area contributed by atoms with Crippen LogP contribution in [0.15, 0.2) is 18.2 Å². The summed E-state index contributed by atoms with van der Waals surface area (Å²) < 4.78 is 10.0. The lowest BCUT2D eigenvalue weighted by Crippen LogP contribution is -2.26. The Bertz CT molecular complexity index is 542. The molecule has 0 aliphatic carbocycles. The van der Waals surface area contributed by atoms with E-state index < -0.39 is 5.97 Å². The fraction of sp³-hybridized carbons (Fsp3) is 0.467. The van der Waals surface area contributed by atoms with Crippen molar-refractivity contribution in [2.24, 2.45) is 0 Å². The second-order valence-electron chi connectivity index (χ2n) is 5.23. The number of hydrogen-bond acceptors (Lipinski definition) is 5. The predicted octanol–water partition coefficient (Wildman–Crippen LogP) is 1.83. The molecule has 6 heteroatoms. The van der Waals surface area contributed by atoms with Gasteiger partial charge in [0.1, 0.15) is 6.61 Å². The Labute approximate surface area is 123 Å². The molecule has 1 saturated heterocycles. The zero-order valence-electron chi connectivity index (χ0n) is 12.3. The van der Waals surface area contributed by atoms with E-state index >= 15 is 0 Å². The number of nitrogens with zero attached hydrogens (tertiary/aromatic N) is 1. The van der Waals surface area contributed by atoms with Crippen LogP contribution in [0.4, 0.5) is 10.5 Å². The molecular weight excluding hydrogens is 272 g/mol. The molecular formula is C15H20N2O4. The summed E-state index contributed by atoms with van der Waals surface area (Å²) >= 11 is 0. The summed E-state index contributed by atoms with van der Waals surface area (Å²) in [5.74, 6) is -0.426. The van der Waals surface area contributed by atoms with Crippen molar-refractivity contribution >= 4 is 17.7 Å². The largest absolute Gasteiger partial charge is 0.459 e. The van der Waals surface area contributed by atoms with Gasteiger partial charge in [0.05, 0.1) is 18.2 Å². The minimum atomic E-state index is -0.426. The first-order valence-corrected chi connectivity index (χ1v) is 6.98. The van der Waals surface area contributed by atoms with Crippen molar-refractivity contribution in [3.8, 4) is 0 Å². The van der Waals surface area contributed by atoms with Crippen molar-refractivity contribution in [2.45, 2.75) is 26.4 Å². The monoisotopic (exact) mass is 292 g/mol. The molecule has 1 aliphatic rings. The van der Waals surface area contributed by atoms with E-state index in [1.807, 2.05) is 6.07 Å². The molecule has 6 nitrogen and oxygen atoms in total. The highest BCUT2D eigenvalue weighted by molar-refractivity contribution is 5.95. The van der Waals surface area contributed by atoms with Crippen LogP contribution in [0.2, 0.25) is 0 Å². The molecule has 1 aromatic carbocycles. The van der Waals surface area contributed by atoms with E-state index in [0.29, 0.717) is 37.4 Å². The summed E-state index contributed by atoms with van der Waals surface area (Å²) in [5, 5.41) is 0. The van der Waals surface area contributed by atoms with Crippen LogP contribution < -0.4 is 5.73 Å². The summed E-state index contributed by atoms with van der Waals surface area (Å²) in [6.07, 6.45) is 0.155. The first kappa shape index (κ1) is 15.2. The summed E-state index contributed by atoms with van der Waals surface area (Å²) in [6, 6.07) is 5.26. The average molecular weight is 292 g/mol. The molecule has 0 aromatic heterocycles.